The van der Waals surface area contributed by atoms with Crippen molar-refractivity contribution in [3.8, 4) is 0 Å². The molecular weight excluding hydrogens is 256 g/mol. The first-order valence-corrected chi connectivity index (χ1v) is 6.13. The topological polar surface area (TPSA) is 67.2 Å². The lowest BCUT2D eigenvalue weighted by Gasteiger charge is -2.06. The SMILES string of the molecule is CC(C)Cn1cc(C(F)F)c(C(=O)NCC(C)O)n1. The summed E-state index contributed by atoms with van der Waals surface area (Å²) in [6.07, 6.45) is -2.30. The number of rotatable bonds is 6. The number of aliphatic hydroxyl groups is 1. The van der Waals surface area contributed by atoms with Crippen LogP contribution in [-0.2, 0) is 6.54 Å². The summed E-state index contributed by atoms with van der Waals surface area (Å²) in [5.74, 6) is -0.461. The third kappa shape index (κ3) is 4.59. The highest BCUT2D eigenvalue weighted by atomic mass is 19.3. The fourth-order valence-electron chi connectivity index (χ4n) is 1.56. The first-order chi connectivity index (χ1) is 8.81. The molecule has 0 bridgehead atoms. The summed E-state index contributed by atoms with van der Waals surface area (Å²) in [6, 6.07) is 0. The van der Waals surface area contributed by atoms with E-state index in [0.29, 0.717) is 6.54 Å². The van der Waals surface area contributed by atoms with E-state index in [1.165, 1.54) is 17.8 Å². The van der Waals surface area contributed by atoms with Crippen LogP contribution >= 0.6 is 0 Å². The van der Waals surface area contributed by atoms with Gasteiger partial charge >= 0.3 is 0 Å². The minimum Gasteiger partial charge on any atom is -0.392 e. The van der Waals surface area contributed by atoms with Crippen LogP contribution in [-0.4, -0.2) is 33.4 Å². The zero-order valence-electron chi connectivity index (χ0n) is 11.2. The first kappa shape index (κ1) is 15.6. The van der Waals surface area contributed by atoms with Crippen LogP contribution in [0.2, 0.25) is 0 Å². The van der Waals surface area contributed by atoms with E-state index in [4.69, 9.17) is 5.11 Å². The molecule has 108 valence electrons. The van der Waals surface area contributed by atoms with Gasteiger partial charge in [-0.25, -0.2) is 8.78 Å². The van der Waals surface area contributed by atoms with Crippen LogP contribution in [0.4, 0.5) is 8.78 Å². The van der Waals surface area contributed by atoms with Crippen molar-refractivity contribution in [2.24, 2.45) is 5.92 Å². The van der Waals surface area contributed by atoms with Crippen molar-refractivity contribution >= 4 is 5.91 Å². The van der Waals surface area contributed by atoms with E-state index in [1.54, 1.807) is 0 Å². The average Bonchev–Trinajstić information content (AvgIpc) is 2.68. The Hall–Kier alpha value is -1.50. The van der Waals surface area contributed by atoms with Crippen molar-refractivity contribution in [1.82, 2.24) is 15.1 Å². The summed E-state index contributed by atoms with van der Waals surface area (Å²) in [6.45, 7) is 5.81. The molecular formula is C12H19F2N3O2. The Morgan fingerprint density at radius 3 is 2.58 bits per heavy atom. The molecule has 1 heterocycles. The third-order valence-electron chi connectivity index (χ3n) is 2.35. The van der Waals surface area contributed by atoms with Gasteiger partial charge in [-0.3, -0.25) is 9.48 Å². The van der Waals surface area contributed by atoms with Gasteiger partial charge in [-0.2, -0.15) is 5.10 Å². The van der Waals surface area contributed by atoms with Crippen LogP contribution in [0.3, 0.4) is 0 Å². The number of carbonyl (C=O) groups is 1. The highest BCUT2D eigenvalue weighted by Crippen LogP contribution is 2.22. The lowest BCUT2D eigenvalue weighted by atomic mass is 10.2. The van der Waals surface area contributed by atoms with Crippen molar-refractivity contribution in [3.05, 3.63) is 17.5 Å². The molecule has 0 aliphatic heterocycles. The summed E-state index contributed by atoms with van der Waals surface area (Å²) in [5.41, 5.74) is -0.667. The molecule has 1 unspecified atom stereocenters. The predicted molar refractivity (Wildman–Crippen MR) is 66.0 cm³/mol. The van der Waals surface area contributed by atoms with Crippen LogP contribution < -0.4 is 5.32 Å². The molecule has 0 saturated carbocycles. The first-order valence-electron chi connectivity index (χ1n) is 6.13. The number of carbonyl (C=O) groups excluding carboxylic acids is 1. The number of hydrogen-bond donors (Lipinski definition) is 2. The molecule has 1 aromatic heterocycles. The fourth-order valence-corrected chi connectivity index (χ4v) is 1.56. The zero-order chi connectivity index (χ0) is 14.6. The number of nitrogens with one attached hydrogen (secondary N) is 1. The predicted octanol–water partition coefficient (Wildman–Crippen LogP) is 1.59. The lowest BCUT2D eigenvalue weighted by Crippen LogP contribution is -2.31. The molecule has 0 radical (unpaired) electrons. The number of alkyl halides is 2. The maximum Gasteiger partial charge on any atom is 0.272 e. The molecule has 1 amide bonds. The van der Waals surface area contributed by atoms with E-state index >= 15 is 0 Å². The Bertz CT molecular complexity index is 431. The molecule has 0 fully saturated rings. The van der Waals surface area contributed by atoms with Gasteiger partial charge in [0.1, 0.15) is 0 Å². The Labute approximate surface area is 110 Å². The number of amides is 1. The molecule has 0 spiro atoms. The van der Waals surface area contributed by atoms with Gasteiger partial charge in [0.15, 0.2) is 5.69 Å². The van der Waals surface area contributed by atoms with Crippen LogP contribution in [0.15, 0.2) is 6.20 Å². The molecule has 0 aliphatic rings. The number of nitrogens with zero attached hydrogens (tertiary/aromatic N) is 2. The van der Waals surface area contributed by atoms with Crippen LogP contribution in [0, 0.1) is 5.92 Å². The molecule has 5 nitrogen and oxygen atoms in total. The van der Waals surface area contributed by atoms with Crippen molar-refractivity contribution in [2.75, 3.05) is 6.54 Å². The average molecular weight is 275 g/mol. The minimum absolute atomic E-state index is 0.00144. The highest BCUT2D eigenvalue weighted by molar-refractivity contribution is 5.93. The molecule has 0 aromatic carbocycles. The van der Waals surface area contributed by atoms with Crippen LogP contribution in [0.5, 0.6) is 0 Å². The number of halogens is 2. The monoisotopic (exact) mass is 275 g/mol. The quantitative estimate of drug-likeness (QED) is 0.828. The molecule has 0 saturated heterocycles. The van der Waals surface area contributed by atoms with E-state index in [2.05, 4.69) is 10.4 Å². The summed E-state index contributed by atoms with van der Waals surface area (Å²) in [7, 11) is 0. The van der Waals surface area contributed by atoms with Crippen molar-refractivity contribution in [3.63, 3.8) is 0 Å². The molecule has 2 N–H and O–H groups in total. The molecule has 7 heteroatoms. The number of aromatic nitrogens is 2. The van der Waals surface area contributed by atoms with Crippen LogP contribution in [0.25, 0.3) is 0 Å². The normalized spacial score (nSPS) is 13.1. The van der Waals surface area contributed by atoms with Gasteiger partial charge in [0.2, 0.25) is 0 Å². The smallest absolute Gasteiger partial charge is 0.272 e. The maximum absolute atomic E-state index is 12.9. The minimum atomic E-state index is -2.76. The Morgan fingerprint density at radius 1 is 1.47 bits per heavy atom. The largest absolute Gasteiger partial charge is 0.392 e. The third-order valence-corrected chi connectivity index (χ3v) is 2.35. The summed E-state index contributed by atoms with van der Waals surface area (Å²) in [4.78, 5) is 11.7. The van der Waals surface area contributed by atoms with Crippen molar-refractivity contribution in [2.45, 2.75) is 39.8 Å². The van der Waals surface area contributed by atoms with Gasteiger partial charge in [-0.15, -0.1) is 0 Å². The molecule has 0 aliphatic carbocycles. The maximum atomic E-state index is 12.9. The van der Waals surface area contributed by atoms with Crippen LogP contribution in [0.1, 0.15) is 43.2 Å². The molecule has 19 heavy (non-hydrogen) atoms. The second kappa shape index (κ2) is 6.60. The molecule has 1 atom stereocenters. The Kier molecular flexibility index (Phi) is 5.41. The van der Waals surface area contributed by atoms with Gasteiger partial charge in [0, 0.05) is 19.3 Å². The lowest BCUT2D eigenvalue weighted by molar-refractivity contribution is 0.0906. The number of hydrogen-bond acceptors (Lipinski definition) is 3. The van der Waals surface area contributed by atoms with E-state index in [1.807, 2.05) is 13.8 Å². The zero-order valence-corrected chi connectivity index (χ0v) is 11.2. The number of aliphatic hydroxyl groups excluding tert-OH is 1. The van der Waals surface area contributed by atoms with Gasteiger partial charge in [-0.05, 0) is 12.8 Å². The standard InChI is InChI=1S/C12H19F2N3O2/c1-7(2)5-17-6-9(11(13)14)10(16-17)12(19)15-4-8(3)18/h6-8,11,18H,4-5H2,1-3H3,(H,15,19). The van der Waals surface area contributed by atoms with Gasteiger partial charge < -0.3 is 10.4 Å². The van der Waals surface area contributed by atoms with E-state index in [-0.39, 0.29) is 23.7 Å². The Morgan fingerprint density at radius 2 is 2.11 bits per heavy atom. The summed E-state index contributed by atoms with van der Waals surface area (Å²) in [5, 5.41) is 15.3. The van der Waals surface area contributed by atoms with Gasteiger partial charge in [0.05, 0.1) is 11.7 Å². The molecule has 1 rings (SSSR count). The van der Waals surface area contributed by atoms with E-state index in [0.717, 1.165) is 0 Å². The van der Waals surface area contributed by atoms with Crippen molar-refractivity contribution in [1.29, 1.82) is 0 Å². The summed E-state index contributed by atoms with van der Waals surface area (Å²) >= 11 is 0. The Balaban J connectivity index is 2.90. The summed E-state index contributed by atoms with van der Waals surface area (Å²) < 4.78 is 27.1. The second-order valence-corrected chi connectivity index (χ2v) is 4.91. The second-order valence-electron chi connectivity index (χ2n) is 4.91. The molecule has 1 aromatic rings. The van der Waals surface area contributed by atoms with Gasteiger partial charge in [-0.1, -0.05) is 13.8 Å². The van der Waals surface area contributed by atoms with Crippen molar-refractivity contribution < 1.29 is 18.7 Å². The van der Waals surface area contributed by atoms with Gasteiger partial charge in [0.25, 0.3) is 12.3 Å². The fraction of sp³-hybridized carbons (Fsp3) is 0.667. The van der Waals surface area contributed by atoms with E-state index in [9.17, 15) is 13.6 Å². The van der Waals surface area contributed by atoms with E-state index < -0.39 is 18.4 Å². The highest BCUT2D eigenvalue weighted by Gasteiger charge is 2.23.